The van der Waals surface area contributed by atoms with Crippen LogP contribution >= 0.6 is 0 Å². The zero-order valence-electron chi connectivity index (χ0n) is 29.8. The fourth-order valence-corrected chi connectivity index (χ4v) is 6.97. The largest absolute Gasteiger partial charge is 0.497 e. The lowest BCUT2D eigenvalue weighted by Crippen LogP contribution is -2.53. The first-order valence-electron chi connectivity index (χ1n) is 16.9. The summed E-state index contributed by atoms with van der Waals surface area (Å²) in [5.41, 5.74) is 1.78. The Morgan fingerprint density at radius 1 is 0.765 bits per heavy atom. The molecule has 12 heteroatoms. The molecule has 0 heterocycles. The van der Waals surface area contributed by atoms with Crippen molar-refractivity contribution in [3.63, 3.8) is 0 Å². The molecule has 2 amide bonds. The van der Waals surface area contributed by atoms with E-state index < -0.39 is 28.5 Å². The van der Waals surface area contributed by atoms with E-state index in [1.807, 2.05) is 50.2 Å². The Morgan fingerprint density at radius 3 is 2.12 bits per heavy atom. The second-order valence-corrected chi connectivity index (χ2v) is 13.5. The number of sulfonamides is 1. The lowest BCUT2D eigenvalue weighted by Gasteiger charge is -2.34. The SMILES string of the molecule is CCCCNC(=O)C(Cc1ccccc1)N(Cc1cccc(OC)c1)C(=O)CN(c1ccc(OCC)cc1)S(=O)(=O)c1ccc(OC)c(OC)c1. The van der Waals surface area contributed by atoms with Crippen molar-refractivity contribution in [2.75, 3.05) is 45.3 Å². The third kappa shape index (κ3) is 10.2. The Labute approximate surface area is 301 Å². The van der Waals surface area contributed by atoms with Crippen LogP contribution in [0.15, 0.2) is 102 Å². The van der Waals surface area contributed by atoms with Gasteiger partial charge in [-0.15, -0.1) is 0 Å². The number of carbonyl (C=O) groups excluding carboxylic acids is 2. The molecular weight excluding hydrogens is 671 g/mol. The van der Waals surface area contributed by atoms with Crippen LogP contribution in [0.2, 0.25) is 0 Å². The molecule has 4 aromatic rings. The number of rotatable bonds is 19. The summed E-state index contributed by atoms with van der Waals surface area (Å²) in [5.74, 6) is 0.771. The van der Waals surface area contributed by atoms with Crippen LogP contribution in [0.25, 0.3) is 0 Å². The highest BCUT2D eigenvalue weighted by Gasteiger charge is 2.35. The molecule has 0 aliphatic heterocycles. The number of nitrogens with zero attached hydrogens (tertiary/aromatic N) is 2. The number of benzene rings is 4. The summed E-state index contributed by atoms with van der Waals surface area (Å²) in [6.07, 6.45) is 1.85. The van der Waals surface area contributed by atoms with Gasteiger partial charge in [0.25, 0.3) is 10.0 Å². The fraction of sp³-hybridized carbons (Fsp3) is 0.333. The molecule has 0 aromatic heterocycles. The van der Waals surface area contributed by atoms with E-state index in [2.05, 4.69) is 5.32 Å². The van der Waals surface area contributed by atoms with Gasteiger partial charge in [-0.3, -0.25) is 13.9 Å². The van der Waals surface area contributed by atoms with Gasteiger partial charge in [-0.05, 0) is 73.0 Å². The number of hydrogen-bond acceptors (Lipinski definition) is 8. The van der Waals surface area contributed by atoms with Crippen LogP contribution in [0.3, 0.4) is 0 Å². The number of ether oxygens (including phenoxy) is 4. The molecule has 0 aliphatic rings. The van der Waals surface area contributed by atoms with Crippen LogP contribution in [0.4, 0.5) is 5.69 Å². The molecule has 1 unspecified atom stereocenters. The number of carbonyl (C=O) groups is 2. The van der Waals surface area contributed by atoms with Gasteiger partial charge in [0, 0.05) is 25.6 Å². The zero-order valence-corrected chi connectivity index (χ0v) is 30.6. The van der Waals surface area contributed by atoms with E-state index >= 15 is 0 Å². The number of anilines is 1. The summed E-state index contributed by atoms with van der Waals surface area (Å²) in [4.78, 5) is 30.1. The summed E-state index contributed by atoms with van der Waals surface area (Å²) in [7, 11) is 0.0383. The van der Waals surface area contributed by atoms with Crippen molar-refractivity contribution in [3.05, 3.63) is 108 Å². The summed E-state index contributed by atoms with van der Waals surface area (Å²) >= 11 is 0. The third-order valence-electron chi connectivity index (χ3n) is 8.25. The van der Waals surface area contributed by atoms with E-state index in [4.69, 9.17) is 18.9 Å². The normalized spacial score (nSPS) is 11.6. The maximum absolute atomic E-state index is 14.8. The van der Waals surface area contributed by atoms with Crippen molar-refractivity contribution < 1.29 is 37.0 Å². The standard InChI is InChI=1S/C39H47N3O8S/c1-6-8-23-40-39(44)35(25-29-13-10-9-11-14-29)41(27-30-15-12-16-33(24-30)47-3)38(43)28-42(31-17-19-32(20-18-31)50-7-2)51(45,46)34-21-22-36(48-4)37(26-34)49-5/h9-22,24,26,35H,6-8,23,25,27-28H2,1-5H3,(H,40,44). The lowest BCUT2D eigenvalue weighted by atomic mass is 10.0. The Morgan fingerprint density at radius 2 is 1.47 bits per heavy atom. The predicted octanol–water partition coefficient (Wildman–Crippen LogP) is 5.86. The number of methoxy groups -OCH3 is 3. The first-order valence-corrected chi connectivity index (χ1v) is 18.3. The van der Waals surface area contributed by atoms with E-state index in [9.17, 15) is 18.0 Å². The minimum absolute atomic E-state index is 0.0161. The van der Waals surface area contributed by atoms with Gasteiger partial charge in [-0.2, -0.15) is 0 Å². The van der Waals surface area contributed by atoms with Gasteiger partial charge in [-0.1, -0.05) is 55.8 Å². The molecule has 1 atom stereocenters. The Balaban J connectivity index is 1.83. The topological polar surface area (TPSA) is 124 Å². The molecule has 0 spiro atoms. The van der Waals surface area contributed by atoms with Crippen molar-refractivity contribution >= 4 is 27.5 Å². The highest BCUT2D eigenvalue weighted by Crippen LogP contribution is 2.33. The van der Waals surface area contributed by atoms with Crippen molar-refractivity contribution in [2.24, 2.45) is 0 Å². The molecule has 0 saturated heterocycles. The van der Waals surface area contributed by atoms with Gasteiger partial charge in [0.2, 0.25) is 11.8 Å². The van der Waals surface area contributed by atoms with Crippen molar-refractivity contribution in [1.29, 1.82) is 0 Å². The first-order chi connectivity index (χ1) is 24.6. The van der Waals surface area contributed by atoms with E-state index in [1.165, 1.54) is 37.3 Å². The van der Waals surface area contributed by atoms with E-state index in [-0.39, 0.29) is 35.2 Å². The van der Waals surface area contributed by atoms with Gasteiger partial charge in [0.15, 0.2) is 11.5 Å². The first kappa shape index (κ1) is 38.6. The molecule has 0 radical (unpaired) electrons. The fourth-order valence-electron chi connectivity index (χ4n) is 5.54. The smallest absolute Gasteiger partial charge is 0.264 e. The number of nitrogens with one attached hydrogen (secondary N) is 1. The minimum Gasteiger partial charge on any atom is -0.497 e. The predicted molar refractivity (Wildman–Crippen MR) is 197 cm³/mol. The summed E-state index contributed by atoms with van der Waals surface area (Å²) in [6.45, 7) is 4.15. The molecule has 4 rings (SSSR count). The molecule has 11 nitrogen and oxygen atoms in total. The van der Waals surface area contributed by atoms with Gasteiger partial charge < -0.3 is 29.2 Å². The monoisotopic (exact) mass is 717 g/mol. The summed E-state index contributed by atoms with van der Waals surface area (Å²) in [5, 5.41) is 3.00. The molecule has 0 saturated carbocycles. The Bertz CT molecular complexity index is 1840. The molecule has 4 aromatic carbocycles. The second-order valence-electron chi connectivity index (χ2n) is 11.7. The van der Waals surface area contributed by atoms with Crippen LogP contribution in [-0.2, 0) is 32.6 Å². The summed E-state index contributed by atoms with van der Waals surface area (Å²) in [6, 6.07) is 26.4. The van der Waals surface area contributed by atoms with Crippen LogP contribution in [0, 0.1) is 0 Å². The maximum atomic E-state index is 14.8. The highest BCUT2D eigenvalue weighted by molar-refractivity contribution is 7.92. The second kappa shape index (κ2) is 18.7. The van der Waals surface area contributed by atoms with Gasteiger partial charge >= 0.3 is 0 Å². The molecule has 0 aliphatic carbocycles. The van der Waals surface area contributed by atoms with E-state index in [0.717, 1.165) is 22.7 Å². The van der Waals surface area contributed by atoms with Crippen molar-refractivity contribution in [2.45, 2.75) is 50.6 Å². The number of amides is 2. The van der Waals surface area contributed by atoms with Crippen LogP contribution in [0.1, 0.15) is 37.8 Å². The molecule has 1 N–H and O–H groups in total. The van der Waals surface area contributed by atoms with E-state index in [0.29, 0.717) is 36.0 Å². The average Bonchev–Trinajstić information content (AvgIpc) is 3.15. The van der Waals surface area contributed by atoms with Crippen molar-refractivity contribution in [3.8, 4) is 23.0 Å². The average molecular weight is 718 g/mol. The van der Waals surface area contributed by atoms with Crippen molar-refractivity contribution in [1.82, 2.24) is 10.2 Å². The van der Waals surface area contributed by atoms with Crippen LogP contribution in [-0.4, -0.2) is 72.2 Å². The number of hydrogen-bond donors (Lipinski definition) is 1. The number of unbranched alkanes of at least 4 members (excludes halogenated alkanes) is 1. The van der Waals surface area contributed by atoms with Crippen LogP contribution < -0.4 is 28.6 Å². The Hall–Kier alpha value is -5.23. The molecule has 0 fully saturated rings. The van der Waals surface area contributed by atoms with Gasteiger partial charge in [-0.25, -0.2) is 8.42 Å². The van der Waals surface area contributed by atoms with Gasteiger partial charge in [0.1, 0.15) is 24.1 Å². The summed E-state index contributed by atoms with van der Waals surface area (Å²) < 4.78 is 51.8. The minimum atomic E-state index is -4.38. The lowest BCUT2D eigenvalue weighted by molar-refractivity contribution is -0.140. The Kier molecular flexibility index (Phi) is 14.1. The highest BCUT2D eigenvalue weighted by atomic mass is 32.2. The molecular formula is C39H47N3O8S. The third-order valence-corrected chi connectivity index (χ3v) is 10.0. The molecule has 272 valence electrons. The molecule has 0 bridgehead atoms. The quantitative estimate of drug-likeness (QED) is 0.120. The zero-order chi connectivity index (χ0) is 36.8. The van der Waals surface area contributed by atoms with Gasteiger partial charge in [0.05, 0.1) is 38.5 Å². The van der Waals surface area contributed by atoms with Crippen LogP contribution in [0.5, 0.6) is 23.0 Å². The van der Waals surface area contributed by atoms with E-state index in [1.54, 1.807) is 49.6 Å². The maximum Gasteiger partial charge on any atom is 0.264 e. The molecule has 51 heavy (non-hydrogen) atoms.